The first kappa shape index (κ1) is 15.6. The first-order chi connectivity index (χ1) is 9.78. The minimum Gasteiger partial charge on any atom is -0.405 e. The summed E-state index contributed by atoms with van der Waals surface area (Å²) in [6.45, 7) is 0. The summed E-state index contributed by atoms with van der Waals surface area (Å²) in [6.07, 6.45) is -7.77. The predicted molar refractivity (Wildman–Crippen MR) is 68.5 cm³/mol. The summed E-state index contributed by atoms with van der Waals surface area (Å²) in [5.74, 6) is -0.561. The molecule has 1 nitrogen and oxygen atoms in total. The molecule has 0 aliphatic heterocycles. The largest absolute Gasteiger partial charge is 0.573 e. The zero-order chi connectivity index (χ0) is 15.6. The van der Waals surface area contributed by atoms with Crippen molar-refractivity contribution in [3.63, 3.8) is 0 Å². The van der Waals surface area contributed by atoms with E-state index in [1.54, 1.807) is 0 Å². The maximum Gasteiger partial charge on any atom is 0.573 e. The van der Waals surface area contributed by atoms with Gasteiger partial charge in [-0.2, -0.15) is 0 Å². The second-order valence-electron chi connectivity index (χ2n) is 4.08. The molecule has 2 aromatic rings. The smallest absolute Gasteiger partial charge is 0.405 e. The third kappa shape index (κ3) is 3.85. The molecule has 0 fully saturated rings. The summed E-state index contributed by atoms with van der Waals surface area (Å²) >= 11 is 5.75. The Hall–Kier alpha value is -1.82. The molecule has 0 aliphatic carbocycles. The van der Waals surface area contributed by atoms with Crippen LogP contribution >= 0.6 is 11.6 Å². The van der Waals surface area contributed by atoms with Gasteiger partial charge >= 0.3 is 6.36 Å². The quantitative estimate of drug-likeness (QED) is 0.645. The Morgan fingerprint density at radius 2 is 1.62 bits per heavy atom. The molecule has 0 atom stereocenters. The average Bonchev–Trinajstić information content (AvgIpc) is 2.37. The summed E-state index contributed by atoms with van der Waals surface area (Å²) in [5.41, 5.74) is -0.623. The fourth-order valence-electron chi connectivity index (χ4n) is 1.85. The van der Waals surface area contributed by atoms with Crippen molar-refractivity contribution in [1.29, 1.82) is 0 Å². The Kier molecular flexibility index (Phi) is 4.37. The monoisotopic (exact) mass is 322 g/mol. The number of para-hydroxylation sites is 1. The summed E-state index contributed by atoms with van der Waals surface area (Å²) in [4.78, 5) is 0. The number of hydrogen-bond donors (Lipinski definition) is 0. The molecule has 7 heteroatoms. The van der Waals surface area contributed by atoms with E-state index in [1.165, 1.54) is 30.3 Å². The molecule has 0 N–H and O–H groups in total. The van der Waals surface area contributed by atoms with E-state index in [1.807, 2.05) is 0 Å². The van der Waals surface area contributed by atoms with Crippen LogP contribution in [0.4, 0.5) is 22.0 Å². The Labute approximate surface area is 121 Å². The van der Waals surface area contributed by atoms with Gasteiger partial charge in [-0.25, -0.2) is 8.78 Å². The lowest BCUT2D eigenvalue weighted by molar-refractivity contribution is -0.274. The summed E-state index contributed by atoms with van der Waals surface area (Å²) < 4.78 is 67.0. The summed E-state index contributed by atoms with van der Waals surface area (Å²) in [5, 5.41) is 0.135. The lowest BCUT2D eigenvalue weighted by Crippen LogP contribution is -2.17. The van der Waals surface area contributed by atoms with Gasteiger partial charge in [0.05, 0.1) is 0 Å². The van der Waals surface area contributed by atoms with Crippen molar-refractivity contribution in [3.05, 3.63) is 53.1 Å². The van der Waals surface area contributed by atoms with Gasteiger partial charge in [0.25, 0.3) is 6.43 Å². The highest BCUT2D eigenvalue weighted by molar-refractivity contribution is 6.30. The summed E-state index contributed by atoms with van der Waals surface area (Å²) in [7, 11) is 0. The number of rotatable bonds is 3. The molecule has 0 amide bonds. The highest BCUT2D eigenvalue weighted by atomic mass is 35.5. The normalized spacial score (nSPS) is 11.8. The lowest BCUT2D eigenvalue weighted by Gasteiger charge is -2.15. The topological polar surface area (TPSA) is 9.23 Å². The average molecular weight is 323 g/mol. The molecule has 0 unspecified atom stereocenters. The predicted octanol–water partition coefficient (Wildman–Crippen LogP) is 5.84. The first-order valence-corrected chi connectivity index (χ1v) is 6.08. The van der Waals surface area contributed by atoms with Gasteiger partial charge in [-0.05, 0) is 23.8 Å². The van der Waals surface area contributed by atoms with E-state index in [9.17, 15) is 22.0 Å². The van der Waals surface area contributed by atoms with E-state index in [4.69, 9.17) is 11.6 Å². The molecule has 0 saturated carbocycles. The van der Waals surface area contributed by atoms with E-state index in [2.05, 4.69) is 4.74 Å². The van der Waals surface area contributed by atoms with Crippen LogP contribution in [-0.4, -0.2) is 6.36 Å². The molecule has 0 saturated heterocycles. The highest BCUT2D eigenvalue weighted by Crippen LogP contribution is 2.39. The Morgan fingerprint density at radius 1 is 0.952 bits per heavy atom. The van der Waals surface area contributed by atoms with Gasteiger partial charge in [0, 0.05) is 16.1 Å². The van der Waals surface area contributed by atoms with Crippen LogP contribution in [0.2, 0.25) is 5.02 Å². The highest BCUT2D eigenvalue weighted by Gasteiger charge is 2.32. The standard InChI is InChI=1S/C14H8ClF5O/c15-8-5-6-10(13(16)17)11(7-8)9-3-1-2-4-12(9)21-14(18,19)20/h1-7,13H. The van der Waals surface area contributed by atoms with Gasteiger partial charge < -0.3 is 4.74 Å². The van der Waals surface area contributed by atoms with E-state index < -0.39 is 24.1 Å². The SMILES string of the molecule is FC(F)c1ccc(Cl)cc1-c1ccccc1OC(F)(F)F. The molecule has 112 valence electrons. The second-order valence-corrected chi connectivity index (χ2v) is 4.51. The molecule has 2 aromatic carbocycles. The maximum absolute atomic E-state index is 13.0. The molecular formula is C14H8ClF5O. The van der Waals surface area contributed by atoms with Crippen molar-refractivity contribution >= 4 is 11.6 Å². The Bertz CT molecular complexity index is 640. The molecule has 0 spiro atoms. The lowest BCUT2D eigenvalue weighted by atomic mass is 9.99. The van der Waals surface area contributed by atoms with Crippen LogP contribution in [0.15, 0.2) is 42.5 Å². The number of halogens is 6. The van der Waals surface area contributed by atoms with Crippen LogP contribution in [0.1, 0.15) is 12.0 Å². The van der Waals surface area contributed by atoms with E-state index >= 15 is 0 Å². The van der Waals surface area contributed by atoms with Crippen LogP contribution in [0.3, 0.4) is 0 Å². The number of hydrogen-bond acceptors (Lipinski definition) is 1. The van der Waals surface area contributed by atoms with Gasteiger partial charge in [-0.3, -0.25) is 0 Å². The van der Waals surface area contributed by atoms with Gasteiger partial charge in [0.1, 0.15) is 5.75 Å². The summed E-state index contributed by atoms with van der Waals surface area (Å²) in [6, 6.07) is 8.57. The number of ether oxygens (including phenoxy) is 1. The molecule has 0 heterocycles. The molecule has 0 aromatic heterocycles. The molecule has 0 bridgehead atoms. The second kappa shape index (κ2) is 5.89. The van der Waals surface area contributed by atoms with Crippen molar-refractivity contribution in [2.75, 3.05) is 0 Å². The zero-order valence-electron chi connectivity index (χ0n) is 10.3. The van der Waals surface area contributed by atoms with Crippen molar-refractivity contribution in [2.45, 2.75) is 12.8 Å². The van der Waals surface area contributed by atoms with Crippen LogP contribution in [0, 0.1) is 0 Å². The minimum absolute atomic E-state index is 0.0997. The van der Waals surface area contributed by atoms with Gasteiger partial charge in [0.2, 0.25) is 0 Å². The van der Waals surface area contributed by atoms with E-state index in [0.29, 0.717) is 0 Å². The molecule has 0 aliphatic rings. The van der Waals surface area contributed by atoms with Crippen molar-refractivity contribution in [1.82, 2.24) is 0 Å². The van der Waals surface area contributed by atoms with Crippen LogP contribution in [0.5, 0.6) is 5.75 Å². The minimum atomic E-state index is -4.92. The number of benzene rings is 2. The van der Waals surface area contributed by atoms with E-state index in [0.717, 1.165) is 12.1 Å². The Balaban J connectivity index is 2.59. The van der Waals surface area contributed by atoms with Crippen LogP contribution in [0.25, 0.3) is 11.1 Å². The van der Waals surface area contributed by atoms with Crippen molar-refractivity contribution < 1.29 is 26.7 Å². The van der Waals surface area contributed by atoms with Gasteiger partial charge in [-0.15, -0.1) is 13.2 Å². The molecule has 2 rings (SSSR count). The first-order valence-electron chi connectivity index (χ1n) is 5.70. The molecular weight excluding hydrogens is 315 g/mol. The van der Waals surface area contributed by atoms with Gasteiger partial charge in [-0.1, -0.05) is 35.9 Å². The van der Waals surface area contributed by atoms with Crippen LogP contribution in [-0.2, 0) is 0 Å². The number of alkyl halides is 5. The molecule has 0 radical (unpaired) electrons. The van der Waals surface area contributed by atoms with Crippen molar-refractivity contribution in [2.24, 2.45) is 0 Å². The van der Waals surface area contributed by atoms with Gasteiger partial charge in [0.15, 0.2) is 0 Å². The zero-order valence-corrected chi connectivity index (χ0v) is 11.1. The van der Waals surface area contributed by atoms with Crippen molar-refractivity contribution in [3.8, 4) is 16.9 Å². The van der Waals surface area contributed by atoms with Crippen LogP contribution < -0.4 is 4.74 Å². The third-order valence-electron chi connectivity index (χ3n) is 2.65. The molecule has 21 heavy (non-hydrogen) atoms. The Morgan fingerprint density at radius 3 is 2.24 bits per heavy atom. The maximum atomic E-state index is 13.0. The fourth-order valence-corrected chi connectivity index (χ4v) is 2.03. The van der Waals surface area contributed by atoms with E-state index in [-0.39, 0.29) is 16.1 Å². The fraction of sp³-hybridized carbons (Fsp3) is 0.143. The third-order valence-corrected chi connectivity index (χ3v) is 2.89.